The molecule has 7 N–H and O–H groups in total. The Morgan fingerprint density at radius 3 is 1.42 bits per heavy atom. The molecule has 0 radical (unpaired) electrons. The smallest absolute Gasteiger partial charge is 0.306 e. The van der Waals surface area contributed by atoms with E-state index in [4.69, 9.17) is 28.4 Å². The molecule has 2 rings (SSSR count). The van der Waals surface area contributed by atoms with Gasteiger partial charge in [0.1, 0.15) is 55.4 Å². The minimum absolute atomic E-state index is 0.158. The first-order valence-electron chi connectivity index (χ1n) is 25.3. The molecule has 15 nitrogen and oxygen atoms in total. The zero-order chi connectivity index (χ0) is 46.8. The predicted octanol–water partition coefficient (Wildman–Crippen LogP) is 6.60. The highest BCUT2D eigenvalue weighted by atomic mass is 16.7. The van der Waals surface area contributed by atoms with Crippen molar-refractivity contribution in [2.45, 2.75) is 261 Å². The maximum absolute atomic E-state index is 12.9. The molecule has 376 valence electrons. The molecule has 11 unspecified atom stereocenters. The van der Waals surface area contributed by atoms with Gasteiger partial charge in [0, 0.05) is 12.8 Å². The van der Waals surface area contributed by atoms with E-state index < -0.39 is 92.7 Å². The highest BCUT2D eigenvalue weighted by Gasteiger charge is 2.47. The topological polar surface area (TPSA) is 231 Å². The molecule has 2 fully saturated rings. The first-order valence-corrected chi connectivity index (χ1v) is 25.3. The minimum atomic E-state index is -1.76. The number of hydrogen-bond donors (Lipinski definition) is 7. The van der Waals surface area contributed by atoms with Crippen molar-refractivity contribution in [2.75, 3.05) is 26.4 Å². The van der Waals surface area contributed by atoms with Gasteiger partial charge in [0.15, 0.2) is 18.7 Å². The monoisotopic (exact) mass is 919 g/mol. The number of esters is 2. The molecule has 0 aromatic carbocycles. The van der Waals surface area contributed by atoms with Crippen molar-refractivity contribution in [3.63, 3.8) is 0 Å². The second kappa shape index (κ2) is 37.2. The molecule has 64 heavy (non-hydrogen) atoms. The quantitative estimate of drug-likeness (QED) is 0.0196. The lowest BCUT2D eigenvalue weighted by Gasteiger charge is -2.42. The van der Waals surface area contributed by atoms with Crippen molar-refractivity contribution < 1.29 is 73.8 Å². The lowest BCUT2D eigenvalue weighted by atomic mass is 9.98. The van der Waals surface area contributed by atoms with Crippen molar-refractivity contribution in [3.05, 3.63) is 12.2 Å². The molecule has 2 saturated heterocycles. The van der Waals surface area contributed by atoms with Crippen LogP contribution in [-0.4, -0.2) is 142 Å². The van der Waals surface area contributed by atoms with Crippen LogP contribution in [0.5, 0.6) is 0 Å². The van der Waals surface area contributed by atoms with Crippen molar-refractivity contribution in [1.82, 2.24) is 0 Å². The summed E-state index contributed by atoms with van der Waals surface area (Å²) in [6.07, 6.45) is 18.2. The summed E-state index contributed by atoms with van der Waals surface area (Å²) in [4.78, 5) is 25.7. The van der Waals surface area contributed by atoms with E-state index in [1.807, 2.05) is 0 Å². The number of rotatable bonds is 39. The summed E-state index contributed by atoms with van der Waals surface area (Å²) in [5.41, 5.74) is 0. The Morgan fingerprint density at radius 2 is 0.906 bits per heavy atom. The SMILES string of the molecule is CCCC/C=C\CCCCCCCC(=O)OC(COC(=O)CCCCCCCCCCCCCCCCCCC)COC1OC(COC2OC(CO)C(O)C(O)C2O)C(O)C(O)C1O. The van der Waals surface area contributed by atoms with E-state index in [1.54, 1.807) is 0 Å². The van der Waals surface area contributed by atoms with E-state index in [1.165, 1.54) is 96.3 Å². The van der Waals surface area contributed by atoms with Gasteiger partial charge >= 0.3 is 11.9 Å². The average molecular weight is 919 g/mol. The minimum Gasteiger partial charge on any atom is -0.462 e. The Hall–Kier alpha value is -1.76. The van der Waals surface area contributed by atoms with Crippen LogP contribution in [0.1, 0.15) is 194 Å². The average Bonchev–Trinajstić information content (AvgIpc) is 3.29. The third-order valence-electron chi connectivity index (χ3n) is 12.2. The first kappa shape index (κ1) is 58.4. The van der Waals surface area contributed by atoms with Crippen molar-refractivity contribution in [1.29, 1.82) is 0 Å². The second-order valence-corrected chi connectivity index (χ2v) is 18.0. The van der Waals surface area contributed by atoms with Crippen LogP contribution >= 0.6 is 0 Å². The summed E-state index contributed by atoms with van der Waals surface area (Å²) in [5.74, 6) is -0.928. The summed E-state index contributed by atoms with van der Waals surface area (Å²) in [7, 11) is 0. The van der Waals surface area contributed by atoms with Crippen LogP contribution < -0.4 is 0 Å². The third kappa shape index (κ3) is 25.4. The number of unbranched alkanes of at least 4 members (excludes halogenated alkanes) is 23. The van der Waals surface area contributed by atoms with Gasteiger partial charge in [-0.3, -0.25) is 9.59 Å². The molecule has 0 bridgehead atoms. The standard InChI is InChI=1S/C49H90O15/c1-3-5-7-9-11-13-15-16-17-18-19-20-22-23-25-27-29-31-40(51)59-34-37(62-41(52)32-30-28-26-24-21-14-12-10-8-6-4-2)35-60-48-47(58)45(56)43(54)39(64-48)36-61-49-46(57)44(55)42(53)38(33-50)63-49/h10,12,37-39,42-50,53-58H,3-9,11,13-36H2,1-2H3/b12-10-. The number of carbonyl (C=O) groups is 2. The van der Waals surface area contributed by atoms with Crippen molar-refractivity contribution in [3.8, 4) is 0 Å². The summed E-state index contributed by atoms with van der Waals surface area (Å²) < 4.78 is 33.5. The zero-order valence-corrected chi connectivity index (χ0v) is 39.5. The van der Waals surface area contributed by atoms with Gasteiger partial charge in [0.05, 0.1) is 19.8 Å². The highest BCUT2D eigenvalue weighted by molar-refractivity contribution is 5.70. The molecule has 2 aliphatic rings. The Bertz CT molecular complexity index is 1170. The normalized spacial score (nSPS) is 26.6. The number of aliphatic hydroxyl groups is 7. The second-order valence-electron chi connectivity index (χ2n) is 18.0. The van der Waals surface area contributed by atoms with E-state index in [0.717, 1.165) is 57.8 Å². The fourth-order valence-electron chi connectivity index (χ4n) is 8.02. The first-order chi connectivity index (χ1) is 31.0. The third-order valence-corrected chi connectivity index (χ3v) is 12.2. The van der Waals surface area contributed by atoms with Gasteiger partial charge in [-0.05, 0) is 32.1 Å². The molecular formula is C49H90O15. The highest BCUT2D eigenvalue weighted by Crippen LogP contribution is 2.26. The van der Waals surface area contributed by atoms with E-state index in [-0.39, 0.29) is 26.1 Å². The number of allylic oxidation sites excluding steroid dienone is 2. The number of aliphatic hydroxyl groups excluding tert-OH is 7. The molecule has 0 aliphatic carbocycles. The number of carbonyl (C=O) groups excluding carboxylic acids is 2. The predicted molar refractivity (Wildman–Crippen MR) is 243 cm³/mol. The van der Waals surface area contributed by atoms with E-state index >= 15 is 0 Å². The summed E-state index contributed by atoms with van der Waals surface area (Å²) in [6.45, 7) is 2.55. The molecular weight excluding hydrogens is 829 g/mol. The molecule has 0 spiro atoms. The summed E-state index contributed by atoms with van der Waals surface area (Å²) >= 11 is 0. The number of hydrogen-bond acceptors (Lipinski definition) is 15. The number of ether oxygens (including phenoxy) is 6. The largest absolute Gasteiger partial charge is 0.462 e. The maximum atomic E-state index is 12.9. The molecule has 2 heterocycles. The van der Waals surface area contributed by atoms with Crippen molar-refractivity contribution >= 4 is 11.9 Å². The van der Waals surface area contributed by atoms with E-state index in [2.05, 4.69) is 26.0 Å². The summed E-state index contributed by atoms with van der Waals surface area (Å²) in [6, 6.07) is 0. The van der Waals surface area contributed by atoms with Crippen LogP contribution in [0.3, 0.4) is 0 Å². The van der Waals surface area contributed by atoms with Gasteiger partial charge in [0.2, 0.25) is 0 Å². The molecule has 0 amide bonds. The van der Waals surface area contributed by atoms with Gasteiger partial charge in [-0.15, -0.1) is 0 Å². The fraction of sp³-hybridized carbons (Fsp3) is 0.918. The lowest BCUT2D eigenvalue weighted by molar-refractivity contribution is -0.332. The van der Waals surface area contributed by atoms with Gasteiger partial charge in [-0.25, -0.2) is 0 Å². The lowest BCUT2D eigenvalue weighted by Crippen LogP contribution is -2.61. The van der Waals surface area contributed by atoms with E-state index in [0.29, 0.717) is 12.8 Å². The maximum Gasteiger partial charge on any atom is 0.306 e. The van der Waals surface area contributed by atoms with Crippen LogP contribution in [0.25, 0.3) is 0 Å². The van der Waals surface area contributed by atoms with Gasteiger partial charge in [-0.1, -0.05) is 161 Å². The van der Waals surface area contributed by atoms with Gasteiger partial charge in [0.25, 0.3) is 0 Å². The molecule has 11 atom stereocenters. The Labute approximate surface area is 384 Å². The Balaban J connectivity index is 1.79. The Morgan fingerprint density at radius 1 is 0.484 bits per heavy atom. The van der Waals surface area contributed by atoms with Crippen LogP contribution in [0.15, 0.2) is 12.2 Å². The Kier molecular flexibility index (Phi) is 34.0. The molecule has 0 aromatic rings. The zero-order valence-electron chi connectivity index (χ0n) is 39.5. The summed E-state index contributed by atoms with van der Waals surface area (Å²) in [5, 5.41) is 72.0. The molecule has 0 aromatic heterocycles. The van der Waals surface area contributed by atoms with Crippen LogP contribution in [0.4, 0.5) is 0 Å². The molecule has 0 saturated carbocycles. The van der Waals surface area contributed by atoms with E-state index in [9.17, 15) is 45.3 Å². The van der Waals surface area contributed by atoms with Crippen molar-refractivity contribution in [2.24, 2.45) is 0 Å². The molecule has 15 heteroatoms. The van der Waals surface area contributed by atoms with Gasteiger partial charge in [-0.2, -0.15) is 0 Å². The van der Waals surface area contributed by atoms with Gasteiger partial charge < -0.3 is 64.2 Å². The molecule has 2 aliphatic heterocycles. The van der Waals surface area contributed by atoms with Crippen LogP contribution in [0, 0.1) is 0 Å². The van der Waals surface area contributed by atoms with Crippen LogP contribution in [-0.2, 0) is 38.0 Å². The van der Waals surface area contributed by atoms with Crippen LogP contribution in [0.2, 0.25) is 0 Å². The fourth-order valence-corrected chi connectivity index (χ4v) is 8.02.